The Labute approximate surface area is 166 Å². The number of carbonyl (C=O) groups is 1. The fourth-order valence-corrected chi connectivity index (χ4v) is 4.14. The molecule has 0 bridgehead atoms. The Hall–Kier alpha value is -1.50. The van der Waals surface area contributed by atoms with E-state index in [1.54, 1.807) is 12.1 Å². The number of ether oxygens (including phenoxy) is 1. The SMILES string of the molecule is CCOc1cc(N)c(Cl)cc1C(=O)NC1CCN(CC2CCNCC2)CC1. The molecule has 150 valence electrons. The first kappa shape index (κ1) is 20.2. The first-order chi connectivity index (χ1) is 13.1. The van der Waals surface area contributed by atoms with Crippen LogP contribution in [0.4, 0.5) is 5.69 Å². The topological polar surface area (TPSA) is 79.6 Å². The van der Waals surface area contributed by atoms with Crippen LogP contribution < -0.4 is 21.1 Å². The van der Waals surface area contributed by atoms with Gasteiger partial charge in [0.05, 0.1) is 22.9 Å². The number of halogens is 1. The van der Waals surface area contributed by atoms with E-state index in [0.717, 1.165) is 44.9 Å². The van der Waals surface area contributed by atoms with Gasteiger partial charge in [-0.3, -0.25) is 4.79 Å². The van der Waals surface area contributed by atoms with Gasteiger partial charge in [-0.15, -0.1) is 0 Å². The van der Waals surface area contributed by atoms with E-state index in [9.17, 15) is 4.79 Å². The second kappa shape index (κ2) is 9.62. The summed E-state index contributed by atoms with van der Waals surface area (Å²) in [5, 5.41) is 6.95. The Kier molecular flexibility index (Phi) is 7.21. The van der Waals surface area contributed by atoms with Crippen LogP contribution >= 0.6 is 11.6 Å². The molecule has 0 spiro atoms. The minimum Gasteiger partial charge on any atom is -0.493 e. The quantitative estimate of drug-likeness (QED) is 0.646. The standard InChI is InChI=1S/C20H31ClN4O2/c1-2-27-19-12-18(22)17(21)11-16(19)20(26)24-15-5-9-25(10-6-15)13-14-3-7-23-8-4-14/h11-12,14-15,23H,2-10,13,22H2,1H3,(H,24,26). The Balaban J connectivity index is 1.52. The fraction of sp³-hybridized carbons (Fsp3) is 0.650. The highest BCUT2D eigenvalue weighted by Crippen LogP contribution is 2.29. The van der Waals surface area contributed by atoms with E-state index >= 15 is 0 Å². The third kappa shape index (κ3) is 5.50. The average Bonchev–Trinajstić information content (AvgIpc) is 2.67. The molecule has 27 heavy (non-hydrogen) atoms. The molecule has 7 heteroatoms. The van der Waals surface area contributed by atoms with E-state index in [4.69, 9.17) is 22.1 Å². The van der Waals surface area contributed by atoms with Crippen LogP contribution in [0.2, 0.25) is 5.02 Å². The minimum absolute atomic E-state index is 0.142. The third-order valence-corrected chi connectivity index (χ3v) is 5.87. The molecule has 0 aliphatic carbocycles. The molecule has 2 fully saturated rings. The summed E-state index contributed by atoms with van der Waals surface area (Å²) < 4.78 is 5.57. The lowest BCUT2D eigenvalue weighted by atomic mass is 9.95. The molecule has 1 aromatic rings. The summed E-state index contributed by atoms with van der Waals surface area (Å²) in [6.07, 6.45) is 4.50. The van der Waals surface area contributed by atoms with Crippen LogP contribution in [-0.4, -0.2) is 56.2 Å². The van der Waals surface area contributed by atoms with Crippen molar-refractivity contribution in [2.45, 2.75) is 38.6 Å². The van der Waals surface area contributed by atoms with Crippen LogP contribution in [0.5, 0.6) is 5.75 Å². The van der Waals surface area contributed by atoms with E-state index in [1.165, 1.54) is 19.4 Å². The number of nitrogen functional groups attached to an aromatic ring is 1. The zero-order valence-corrected chi connectivity index (χ0v) is 16.9. The molecule has 2 saturated heterocycles. The smallest absolute Gasteiger partial charge is 0.255 e. The number of amides is 1. The van der Waals surface area contributed by atoms with Crippen LogP contribution in [0.1, 0.15) is 43.0 Å². The van der Waals surface area contributed by atoms with Gasteiger partial charge in [-0.05, 0) is 57.7 Å². The third-order valence-electron chi connectivity index (χ3n) is 5.54. The molecule has 0 radical (unpaired) electrons. The number of nitrogens with one attached hydrogen (secondary N) is 2. The Morgan fingerprint density at radius 1 is 1.30 bits per heavy atom. The fourth-order valence-electron chi connectivity index (χ4n) is 3.97. The molecule has 6 nitrogen and oxygen atoms in total. The van der Waals surface area contributed by atoms with Gasteiger partial charge in [-0.2, -0.15) is 0 Å². The molecule has 2 aliphatic rings. The van der Waals surface area contributed by atoms with Gasteiger partial charge < -0.3 is 26.0 Å². The van der Waals surface area contributed by atoms with Crippen molar-refractivity contribution >= 4 is 23.2 Å². The number of benzene rings is 1. The predicted octanol–water partition coefficient (Wildman–Crippen LogP) is 2.51. The Bertz CT molecular complexity index is 641. The lowest BCUT2D eigenvalue weighted by molar-refractivity contribution is 0.0898. The summed E-state index contributed by atoms with van der Waals surface area (Å²) in [5.74, 6) is 1.15. The summed E-state index contributed by atoms with van der Waals surface area (Å²) in [6.45, 7) is 7.89. The van der Waals surface area contributed by atoms with E-state index in [-0.39, 0.29) is 11.9 Å². The monoisotopic (exact) mass is 394 g/mol. The van der Waals surface area contributed by atoms with Crippen molar-refractivity contribution in [1.29, 1.82) is 0 Å². The van der Waals surface area contributed by atoms with Gasteiger partial charge in [-0.1, -0.05) is 11.6 Å². The molecule has 0 aromatic heterocycles. The van der Waals surface area contributed by atoms with Crippen molar-refractivity contribution in [2.24, 2.45) is 5.92 Å². The van der Waals surface area contributed by atoms with Crippen LogP contribution in [0.3, 0.4) is 0 Å². The number of nitrogens with two attached hydrogens (primary N) is 1. The van der Waals surface area contributed by atoms with Crippen LogP contribution in [-0.2, 0) is 0 Å². The van der Waals surface area contributed by atoms with Crippen LogP contribution in [0.25, 0.3) is 0 Å². The maximum Gasteiger partial charge on any atom is 0.255 e. The molecule has 0 atom stereocenters. The van der Waals surface area contributed by atoms with Crippen molar-refractivity contribution in [3.05, 3.63) is 22.7 Å². The van der Waals surface area contributed by atoms with Gasteiger partial charge in [0.1, 0.15) is 5.75 Å². The molecule has 3 rings (SSSR count). The maximum absolute atomic E-state index is 12.8. The second-order valence-corrected chi connectivity index (χ2v) is 7.95. The number of hydrogen-bond donors (Lipinski definition) is 3. The summed E-state index contributed by atoms with van der Waals surface area (Å²) >= 11 is 6.11. The summed E-state index contributed by atoms with van der Waals surface area (Å²) in [5.41, 5.74) is 6.71. The highest BCUT2D eigenvalue weighted by molar-refractivity contribution is 6.33. The minimum atomic E-state index is -0.142. The van der Waals surface area contributed by atoms with E-state index in [2.05, 4.69) is 15.5 Å². The number of nitrogens with zero attached hydrogens (tertiary/aromatic N) is 1. The van der Waals surface area contributed by atoms with Gasteiger partial charge in [0.2, 0.25) is 0 Å². The molecule has 2 aliphatic heterocycles. The lowest BCUT2D eigenvalue weighted by Crippen LogP contribution is -2.46. The van der Waals surface area contributed by atoms with Gasteiger partial charge in [0, 0.05) is 31.7 Å². The molecule has 0 unspecified atom stereocenters. The number of rotatable bonds is 6. The normalized spacial score (nSPS) is 19.8. The first-order valence-electron chi connectivity index (χ1n) is 10.0. The van der Waals surface area contributed by atoms with E-state index in [1.807, 2.05) is 6.92 Å². The van der Waals surface area contributed by atoms with E-state index in [0.29, 0.717) is 28.6 Å². The maximum atomic E-state index is 12.8. The van der Waals surface area contributed by atoms with Crippen molar-refractivity contribution in [3.63, 3.8) is 0 Å². The first-order valence-corrected chi connectivity index (χ1v) is 10.4. The summed E-state index contributed by atoms with van der Waals surface area (Å²) in [4.78, 5) is 15.3. The van der Waals surface area contributed by atoms with Crippen molar-refractivity contribution < 1.29 is 9.53 Å². The summed E-state index contributed by atoms with van der Waals surface area (Å²) in [6, 6.07) is 3.42. The van der Waals surface area contributed by atoms with Gasteiger partial charge in [-0.25, -0.2) is 0 Å². The number of piperidine rings is 2. The van der Waals surface area contributed by atoms with Crippen molar-refractivity contribution in [3.8, 4) is 5.75 Å². The van der Waals surface area contributed by atoms with Crippen LogP contribution in [0.15, 0.2) is 12.1 Å². The Morgan fingerprint density at radius 2 is 2.00 bits per heavy atom. The molecule has 2 heterocycles. The molecule has 4 N–H and O–H groups in total. The van der Waals surface area contributed by atoms with Crippen molar-refractivity contribution in [2.75, 3.05) is 45.1 Å². The molecule has 1 amide bonds. The van der Waals surface area contributed by atoms with Gasteiger partial charge >= 0.3 is 0 Å². The largest absolute Gasteiger partial charge is 0.493 e. The molecular formula is C20H31ClN4O2. The Morgan fingerprint density at radius 3 is 2.67 bits per heavy atom. The van der Waals surface area contributed by atoms with Gasteiger partial charge in [0.25, 0.3) is 5.91 Å². The molecule has 0 saturated carbocycles. The van der Waals surface area contributed by atoms with Crippen molar-refractivity contribution in [1.82, 2.24) is 15.5 Å². The summed E-state index contributed by atoms with van der Waals surface area (Å²) in [7, 11) is 0. The molecular weight excluding hydrogens is 364 g/mol. The number of hydrogen-bond acceptors (Lipinski definition) is 5. The lowest BCUT2D eigenvalue weighted by Gasteiger charge is -2.35. The molecule has 1 aromatic carbocycles. The zero-order valence-electron chi connectivity index (χ0n) is 16.1. The number of carbonyl (C=O) groups excluding carboxylic acids is 1. The zero-order chi connectivity index (χ0) is 19.2. The number of anilines is 1. The highest BCUT2D eigenvalue weighted by Gasteiger charge is 2.25. The van der Waals surface area contributed by atoms with Crippen LogP contribution in [0, 0.1) is 5.92 Å². The average molecular weight is 395 g/mol. The second-order valence-electron chi connectivity index (χ2n) is 7.54. The van der Waals surface area contributed by atoms with E-state index < -0.39 is 0 Å². The predicted molar refractivity (Wildman–Crippen MR) is 110 cm³/mol. The number of likely N-dealkylation sites (tertiary alicyclic amines) is 1. The van der Waals surface area contributed by atoms with Gasteiger partial charge in [0.15, 0.2) is 0 Å². The highest BCUT2D eigenvalue weighted by atomic mass is 35.5.